The molecule has 0 bridgehead atoms. The van der Waals surface area contributed by atoms with Crippen molar-refractivity contribution in [3.8, 4) is 0 Å². The summed E-state index contributed by atoms with van der Waals surface area (Å²) in [5.74, 6) is 0.0164. The third-order valence-electron chi connectivity index (χ3n) is 3.48. The van der Waals surface area contributed by atoms with E-state index in [9.17, 15) is 9.59 Å². The molecule has 2 aromatic rings. The number of aryl methyl sites for hydroxylation is 1. The van der Waals surface area contributed by atoms with Crippen LogP contribution in [-0.4, -0.2) is 16.7 Å². The van der Waals surface area contributed by atoms with E-state index in [1.54, 1.807) is 17.5 Å². The van der Waals surface area contributed by atoms with Crippen LogP contribution in [0.25, 0.3) is 0 Å². The van der Waals surface area contributed by atoms with Crippen LogP contribution in [-0.2, 0) is 11.3 Å². The molecular formula is C18H22N2O2S. The van der Waals surface area contributed by atoms with E-state index >= 15 is 0 Å². The highest BCUT2D eigenvalue weighted by Gasteiger charge is 2.25. The summed E-state index contributed by atoms with van der Waals surface area (Å²) in [6.45, 7) is 6.32. The van der Waals surface area contributed by atoms with Gasteiger partial charge in [-0.25, -0.2) is 4.98 Å². The molecular weight excluding hydrogens is 308 g/mol. The molecule has 0 fully saturated rings. The largest absolute Gasteiger partial charge is 0.350 e. The van der Waals surface area contributed by atoms with E-state index in [0.717, 1.165) is 9.88 Å². The van der Waals surface area contributed by atoms with Gasteiger partial charge in [0.2, 0.25) is 5.91 Å². The zero-order chi connectivity index (χ0) is 16.9. The van der Waals surface area contributed by atoms with Gasteiger partial charge in [0.15, 0.2) is 5.78 Å². The molecule has 2 rings (SSSR count). The molecule has 1 N–H and O–H groups in total. The van der Waals surface area contributed by atoms with Gasteiger partial charge < -0.3 is 5.32 Å². The molecule has 5 heteroatoms. The maximum Gasteiger partial charge on any atom is 0.220 e. The van der Waals surface area contributed by atoms with E-state index in [-0.39, 0.29) is 17.1 Å². The Hall–Kier alpha value is -2.01. The van der Waals surface area contributed by atoms with Crippen LogP contribution in [0.2, 0.25) is 0 Å². The quantitative estimate of drug-likeness (QED) is 0.786. The summed E-state index contributed by atoms with van der Waals surface area (Å²) in [5, 5.41) is 3.78. The minimum absolute atomic E-state index is 0.0521. The molecule has 1 aromatic carbocycles. The van der Waals surface area contributed by atoms with Gasteiger partial charge in [0.1, 0.15) is 5.01 Å². The van der Waals surface area contributed by atoms with Crippen LogP contribution in [0.3, 0.4) is 0 Å². The molecule has 1 aromatic heterocycles. The van der Waals surface area contributed by atoms with E-state index in [0.29, 0.717) is 24.9 Å². The summed E-state index contributed by atoms with van der Waals surface area (Å²) in [7, 11) is 0. The molecule has 1 heterocycles. The number of aromatic nitrogens is 1. The van der Waals surface area contributed by atoms with Gasteiger partial charge in [-0.1, -0.05) is 44.2 Å². The minimum atomic E-state index is -0.379. The second kappa shape index (κ2) is 7.51. The molecule has 0 atom stereocenters. The third kappa shape index (κ3) is 5.60. The Morgan fingerprint density at radius 2 is 1.87 bits per heavy atom. The van der Waals surface area contributed by atoms with Gasteiger partial charge in [0, 0.05) is 29.5 Å². The molecule has 0 spiro atoms. The van der Waals surface area contributed by atoms with Crippen molar-refractivity contribution >= 4 is 23.0 Å². The second-order valence-corrected chi connectivity index (χ2v) is 7.77. The second-order valence-electron chi connectivity index (χ2n) is 6.45. The molecule has 4 nitrogen and oxygen atoms in total. The number of thiazole rings is 1. The first kappa shape index (κ1) is 17.3. The number of Topliss-reactive ketones (excluding diaryl/α,β-unsaturated/α-hetero) is 1. The average Bonchev–Trinajstić information content (AvgIpc) is 2.91. The number of nitrogens with zero attached hydrogens (tertiary/aromatic N) is 1. The van der Waals surface area contributed by atoms with Crippen molar-refractivity contribution in [3.05, 3.63) is 52.0 Å². The number of amides is 1. The SMILES string of the molecule is Cc1cnc(CNC(=O)CC(C)(C)CC(=O)c2ccccc2)s1. The Morgan fingerprint density at radius 1 is 1.17 bits per heavy atom. The highest BCUT2D eigenvalue weighted by Crippen LogP contribution is 2.27. The number of hydrogen-bond donors (Lipinski definition) is 1. The van der Waals surface area contributed by atoms with Gasteiger partial charge in [-0.2, -0.15) is 0 Å². The fourth-order valence-electron chi connectivity index (χ4n) is 2.38. The lowest BCUT2D eigenvalue weighted by atomic mass is 9.82. The van der Waals surface area contributed by atoms with E-state index < -0.39 is 0 Å². The minimum Gasteiger partial charge on any atom is -0.350 e. The predicted molar refractivity (Wildman–Crippen MR) is 92.5 cm³/mol. The van der Waals surface area contributed by atoms with E-state index in [1.807, 2.05) is 51.1 Å². The van der Waals surface area contributed by atoms with Gasteiger partial charge in [0.25, 0.3) is 0 Å². The van der Waals surface area contributed by atoms with Gasteiger partial charge in [-0.15, -0.1) is 11.3 Å². The first-order valence-electron chi connectivity index (χ1n) is 7.62. The first-order valence-corrected chi connectivity index (χ1v) is 8.44. The number of hydrogen-bond acceptors (Lipinski definition) is 4. The smallest absolute Gasteiger partial charge is 0.220 e. The molecule has 0 radical (unpaired) electrons. The Morgan fingerprint density at radius 3 is 2.48 bits per heavy atom. The number of rotatable bonds is 7. The number of benzene rings is 1. The summed E-state index contributed by atoms with van der Waals surface area (Å²) in [6, 6.07) is 9.20. The summed E-state index contributed by atoms with van der Waals surface area (Å²) >= 11 is 1.58. The van der Waals surface area contributed by atoms with Crippen LogP contribution >= 0.6 is 11.3 Å². The normalized spacial score (nSPS) is 11.3. The predicted octanol–water partition coefficient (Wildman–Crippen LogP) is 3.76. The molecule has 1 amide bonds. The van der Waals surface area contributed by atoms with Crippen LogP contribution < -0.4 is 5.32 Å². The van der Waals surface area contributed by atoms with Gasteiger partial charge >= 0.3 is 0 Å². The molecule has 0 aliphatic heterocycles. The van der Waals surface area contributed by atoms with Crippen LogP contribution in [0.1, 0.15) is 46.9 Å². The summed E-state index contributed by atoms with van der Waals surface area (Å²) < 4.78 is 0. The van der Waals surface area contributed by atoms with Crippen LogP contribution in [0.5, 0.6) is 0 Å². The van der Waals surface area contributed by atoms with Crippen molar-refractivity contribution in [2.75, 3.05) is 0 Å². The Bertz CT molecular complexity index is 677. The fraction of sp³-hybridized carbons (Fsp3) is 0.389. The Kier molecular flexibility index (Phi) is 5.66. The number of carbonyl (C=O) groups is 2. The topological polar surface area (TPSA) is 59.1 Å². The van der Waals surface area contributed by atoms with Crippen molar-refractivity contribution in [2.45, 2.75) is 40.2 Å². The van der Waals surface area contributed by atoms with E-state index in [2.05, 4.69) is 10.3 Å². The van der Waals surface area contributed by atoms with Crippen molar-refractivity contribution in [1.82, 2.24) is 10.3 Å². The lowest BCUT2D eigenvalue weighted by molar-refractivity contribution is -0.123. The zero-order valence-electron chi connectivity index (χ0n) is 13.8. The monoisotopic (exact) mass is 330 g/mol. The first-order chi connectivity index (χ1) is 10.9. The van der Waals surface area contributed by atoms with E-state index in [4.69, 9.17) is 0 Å². The lowest BCUT2D eigenvalue weighted by Gasteiger charge is -2.23. The number of ketones is 1. The number of nitrogens with one attached hydrogen (secondary N) is 1. The zero-order valence-corrected chi connectivity index (χ0v) is 14.6. The van der Waals surface area contributed by atoms with Crippen LogP contribution in [0.4, 0.5) is 0 Å². The number of carbonyl (C=O) groups excluding carboxylic acids is 2. The van der Waals surface area contributed by atoms with E-state index in [1.165, 1.54) is 0 Å². The maximum absolute atomic E-state index is 12.3. The molecule has 122 valence electrons. The third-order valence-corrected chi connectivity index (χ3v) is 4.39. The van der Waals surface area contributed by atoms with Crippen molar-refractivity contribution in [2.24, 2.45) is 5.41 Å². The van der Waals surface area contributed by atoms with Gasteiger partial charge in [-0.3, -0.25) is 9.59 Å². The Labute approximate surface area is 141 Å². The van der Waals surface area contributed by atoms with Gasteiger partial charge in [0.05, 0.1) is 6.54 Å². The summed E-state index contributed by atoms with van der Waals surface area (Å²) in [4.78, 5) is 29.7. The molecule has 0 saturated carbocycles. The highest BCUT2D eigenvalue weighted by molar-refractivity contribution is 7.11. The summed E-state index contributed by atoms with van der Waals surface area (Å²) in [5.41, 5.74) is 0.315. The lowest BCUT2D eigenvalue weighted by Crippen LogP contribution is -2.29. The average molecular weight is 330 g/mol. The highest BCUT2D eigenvalue weighted by atomic mass is 32.1. The van der Waals surface area contributed by atoms with Crippen LogP contribution in [0, 0.1) is 12.3 Å². The van der Waals surface area contributed by atoms with Crippen molar-refractivity contribution in [3.63, 3.8) is 0 Å². The molecule has 0 aliphatic rings. The molecule has 0 aliphatic carbocycles. The maximum atomic E-state index is 12.3. The fourth-order valence-corrected chi connectivity index (χ4v) is 3.10. The standard InChI is InChI=1S/C18H22N2O2S/c1-13-11-20-17(23-13)12-19-16(22)10-18(2,3)9-15(21)14-7-5-4-6-8-14/h4-8,11H,9-10,12H2,1-3H3,(H,19,22). The molecule has 0 unspecified atom stereocenters. The van der Waals surface area contributed by atoms with Crippen LogP contribution in [0.15, 0.2) is 36.5 Å². The van der Waals surface area contributed by atoms with Crippen molar-refractivity contribution in [1.29, 1.82) is 0 Å². The molecule has 23 heavy (non-hydrogen) atoms. The molecule has 0 saturated heterocycles. The van der Waals surface area contributed by atoms with Crippen molar-refractivity contribution < 1.29 is 9.59 Å². The Balaban J connectivity index is 1.84. The summed E-state index contributed by atoms with van der Waals surface area (Å²) in [6.07, 6.45) is 2.46. The van der Waals surface area contributed by atoms with Gasteiger partial charge in [-0.05, 0) is 12.3 Å².